The van der Waals surface area contributed by atoms with E-state index in [-0.39, 0.29) is 0 Å². The molecule has 5 nitrogen and oxygen atoms in total. The SMILES string of the molecule is CCc1ncn(CC(C#N)(CC)c2cccc(S(C)=O)c2)n1. The predicted octanol–water partition coefficient (Wildman–Crippen LogP) is 2.45. The van der Waals surface area contributed by atoms with Gasteiger partial charge in [-0.15, -0.1) is 0 Å². The largest absolute Gasteiger partial charge is 0.255 e. The van der Waals surface area contributed by atoms with Gasteiger partial charge < -0.3 is 0 Å². The molecule has 6 heteroatoms. The second-order valence-electron chi connectivity index (χ2n) is 5.24. The summed E-state index contributed by atoms with van der Waals surface area (Å²) in [6.07, 6.45) is 4.72. The second-order valence-corrected chi connectivity index (χ2v) is 6.62. The maximum Gasteiger partial charge on any atom is 0.150 e. The summed E-state index contributed by atoms with van der Waals surface area (Å²) in [7, 11) is -1.07. The third-order valence-corrected chi connectivity index (χ3v) is 4.79. The first-order valence-corrected chi connectivity index (χ1v) is 8.84. The first kappa shape index (κ1) is 16.4. The van der Waals surface area contributed by atoms with Gasteiger partial charge in [-0.05, 0) is 24.1 Å². The van der Waals surface area contributed by atoms with E-state index in [2.05, 4.69) is 16.2 Å². The molecule has 0 aliphatic rings. The molecule has 1 heterocycles. The summed E-state index contributed by atoms with van der Waals surface area (Å²) in [5.41, 5.74) is 0.174. The lowest BCUT2D eigenvalue weighted by atomic mass is 9.79. The highest BCUT2D eigenvalue weighted by Crippen LogP contribution is 2.30. The maximum absolute atomic E-state index is 11.7. The van der Waals surface area contributed by atoms with Crippen molar-refractivity contribution in [2.24, 2.45) is 0 Å². The summed E-state index contributed by atoms with van der Waals surface area (Å²) in [6, 6.07) is 9.89. The number of aromatic nitrogens is 3. The van der Waals surface area contributed by atoms with E-state index in [1.807, 2.05) is 38.1 Å². The van der Waals surface area contributed by atoms with Crippen LogP contribution in [-0.4, -0.2) is 25.2 Å². The van der Waals surface area contributed by atoms with Crippen molar-refractivity contribution in [1.29, 1.82) is 5.26 Å². The Hall–Kier alpha value is -2.00. The molecule has 2 atom stereocenters. The second kappa shape index (κ2) is 6.84. The Kier molecular flexibility index (Phi) is 5.09. The first-order valence-electron chi connectivity index (χ1n) is 7.28. The fraction of sp³-hybridized carbons (Fsp3) is 0.438. The van der Waals surface area contributed by atoms with Crippen LogP contribution in [0.3, 0.4) is 0 Å². The molecule has 0 aliphatic heterocycles. The Labute approximate surface area is 133 Å². The molecule has 0 fully saturated rings. The fourth-order valence-electron chi connectivity index (χ4n) is 2.41. The van der Waals surface area contributed by atoms with Gasteiger partial charge in [-0.2, -0.15) is 10.4 Å². The molecule has 2 aromatic rings. The molecule has 1 aromatic heterocycles. The van der Waals surface area contributed by atoms with Crippen LogP contribution in [0.15, 0.2) is 35.5 Å². The van der Waals surface area contributed by atoms with Crippen LogP contribution in [0.1, 0.15) is 31.7 Å². The Morgan fingerprint density at radius 2 is 2.18 bits per heavy atom. The molecule has 2 rings (SSSR count). The van der Waals surface area contributed by atoms with E-state index in [0.717, 1.165) is 22.7 Å². The summed E-state index contributed by atoms with van der Waals surface area (Å²) in [6.45, 7) is 4.42. The predicted molar refractivity (Wildman–Crippen MR) is 85.8 cm³/mol. The quantitative estimate of drug-likeness (QED) is 0.820. The molecule has 0 spiro atoms. The van der Waals surface area contributed by atoms with Crippen molar-refractivity contribution < 1.29 is 4.21 Å². The number of aryl methyl sites for hydroxylation is 1. The molecular weight excluding hydrogens is 296 g/mol. The summed E-state index contributed by atoms with van der Waals surface area (Å²) in [5, 5.41) is 14.2. The first-order chi connectivity index (χ1) is 10.5. The lowest BCUT2D eigenvalue weighted by Gasteiger charge is -2.25. The van der Waals surface area contributed by atoms with E-state index in [1.165, 1.54) is 0 Å². The number of nitrogens with zero attached hydrogens (tertiary/aromatic N) is 4. The molecule has 0 radical (unpaired) electrons. The summed E-state index contributed by atoms with van der Waals surface area (Å²) >= 11 is 0. The van der Waals surface area contributed by atoms with Crippen LogP contribution in [0.5, 0.6) is 0 Å². The van der Waals surface area contributed by atoms with Crippen molar-refractivity contribution in [3.05, 3.63) is 42.0 Å². The Balaban J connectivity index is 2.41. The summed E-state index contributed by atoms with van der Waals surface area (Å²) < 4.78 is 13.4. The minimum atomic E-state index is -1.07. The van der Waals surface area contributed by atoms with E-state index in [4.69, 9.17) is 0 Å². The minimum absolute atomic E-state index is 0.437. The van der Waals surface area contributed by atoms with Crippen LogP contribution < -0.4 is 0 Å². The minimum Gasteiger partial charge on any atom is -0.255 e. The molecule has 0 amide bonds. The zero-order valence-electron chi connectivity index (χ0n) is 13.1. The van der Waals surface area contributed by atoms with Gasteiger partial charge in [0.25, 0.3) is 0 Å². The van der Waals surface area contributed by atoms with Crippen LogP contribution in [0, 0.1) is 11.3 Å². The van der Waals surface area contributed by atoms with Crippen LogP contribution >= 0.6 is 0 Å². The molecule has 0 saturated heterocycles. The highest BCUT2D eigenvalue weighted by atomic mass is 32.2. The summed E-state index contributed by atoms with van der Waals surface area (Å²) in [5.74, 6) is 0.770. The van der Waals surface area contributed by atoms with Gasteiger partial charge in [-0.1, -0.05) is 26.0 Å². The van der Waals surface area contributed by atoms with Crippen molar-refractivity contribution >= 4 is 10.8 Å². The number of hydrogen-bond donors (Lipinski definition) is 0. The third-order valence-electron chi connectivity index (χ3n) is 3.87. The molecule has 0 bridgehead atoms. The lowest BCUT2D eigenvalue weighted by Crippen LogP contribution is -2.30. The van der Waals surface area contributed by atoms with Crippen molar-refractivity contribution in [1.82, 2.24) is 14.8 Å². The van der Waals surface area contributed by atoms with Crippen LogP contribution in [0.2, 0.25) is 0 Å². The standard InChI is InChI=1S/C16H20N4OS/c1-4-15-18-12-20(19-15)11-16(5-2,10-17)13-7-6-8-14(9-13)22(3)21/h6-9,12H,4-5,11H2,1-3H3. The van der Waals surface area contributed by atoms with Crippen LogP contribution in [0.4, 0.5) is 0 Å². The molecule has 0 saturated carbocycles. The van der Waals surface area contributed by atoms with E-state index in [9.17, 15) is 9.47 Å². The van der Waals surface area contributed by atoms with Crippen molar-refractivity contribution in [3.63, 3.8) is 0 Å². The fourth-order valence-corrected chi connectivity index (χ4v) is 2.97. The topological polar surface area (TPSA) is 71.6 Å². The van der Waals surface area contributed by atoms with Gasteiger partial charge in [-0.3, -0.25) is 8.89 Å². The van der Waals surface area contributed by atoms with E-state index in [0.29, 0.717) is 13.0 Å². The number of hydrogen-bond acceptors (Lipinski definition) is 4. The molecule has 0 aliphatic carbocycles. The number of nitriles is 1. The number of rotatable bonds is 6. The van der Waals surface area contributed by atoms with Gasteiger partial charge >= 0.3 is 0 Å². The Morgan fingerprint density at radius 3 is 2.73 bits per heavy atom. The smallest absolute Gasteiger partial charge is 0.150 e. The lowest BCUT2D eigenvalue weighted by molar-refractivity contribution is 0.414. The average molecular weight is 316 g/mol. The maximum atomic E-state index is 11.7. The zero-order valence-corrected chi connectivity index (χ0v) is 13.9. The van der Waals surface area contributed by atoms with Crippen molar-refractivity contribution in [2.45, 2.75) is 43.5 Å². The van der Waals surface area contributed by atoms with Gasteiger partial charge in [0.05, 0.1) is 12.6 Å². The third kappa shape index (κ3) is 3.25. The van der Waals surface area contributed by atoms with E-state index in [1.54, 1.807) is 17.3 Å². The number of benzene rings is 1. The van der Waals surface area contributed by atoms with Crippen molar-refractivity contribution in [2.75, 3.05) is 6.26 Å². The van der Waals surface area contributed by atoms with E-state index < -0.39 is 16.2 Å². The average Bonchev–Trinajstić information content (AvgIpc) is 3.00. The van der Waals surface area contributed by atoms with Crippen LogP contribution in [0.25, 0.3) is 0 Å². The van der Waals surface area contributed by atoms with Gasteiger partial charge in [0.15, 0.2) is 0 Å². The molecular formula is C16H20N4OS. The van der Waals surface area contributed by atoms with Gasteiger partial charge in [0.2, 0.25) is 0 Å². The molecule has 0 N–H and O–H groups in total. The summed E-state index contributed by atoms with van der Waals surface area (Å²) in [4.78, 5) is 4.96. The van der Waals surface area contributed by atoms with Crippen LogP contribution in [-0.2, 0) is 29.2 Å². The Morgan fingerprint density at radius 1 is 1.41 bits per heavy atom. The highest BCUT2D eigenvalue weighted by molar-refractivity contribution is 7.84. The molecule has 1 aromatic carbocycles. The van der Waals surface area contributed by atoms with E-state index >= 15 is 0 Å². The highest BCUT2D eigenvalue weighted by Gasteiger charge is 2.32. The van der Waals surface area contributed by atoms with Crippen molar-refractivity contribution in [3.8, 4) is 6.07 Å². The monoisotopic (exact) mass is 316 g/mol. The van der Waals surface area contributed by atoms with Gasteiger partial charge in [-0.25, -0.2) is 4.98 Å². The molecule has 2 unspecified atom stereocenters. The van der Waals surface area contributed by atoms with Gasteiger partial charge in [0.1, 0.15) is 17.6 Å². The Bertz CT molecular complexity index is 719. The molecule has 22 heavy (non-hydrogen) atoms. The van der Waals surface area contributed by atoms with Gasteiger partial charge in [0, 0.05) is 28.4 Å². The molecule has 116 valence electrons. The normalized spacial score (nSPS) is 15.0. The zero-order chi connectivity index (χ0) is 16.2.